The number of benzene rings is 2. The summed E-state index contributed by atoms with van der Waals surface area (Å²) in [7, 11) is 0. The van der Waals surface area contributed by atoms with Gasteiger partial charge in [0.15, 0.2) is 0 Å². The molecule has 2 aromatic carbocycles. The number of carbonyl (C=O) groups excluding carboxylic acids is 2. The van der Waals surface area contributed by atoms with Crippen molar-refractivity contribution < 1.29 is 9.59 Å². The average Bonchev–Trinajstić information content (AvgIpc) is 1.49. The van der Waals surface area contributed by atoms with Crippen LogP contribution in [0.2, 0.25) is 0 Å². The minimum atomic E-state index is -0.576. The van der Waals surface area contributed by atoms with E-state index in [2.05, 4.69) is 180 Å². The van der Waals surface area contributed by atoms with Crippen molar-refractivity contribution in [2.24, 2.45) is 17.8 Å². The summed E-state index contributed by atoms with van der Waals surface area (Å²) in [5.41, 5.74) is 13.9. The van der Waals surface area contributed by atoms with Gasteiger partial charge in [0, 0.05) is 55.0 Å². The molecular formula is C87H113N3O2S6. The monoisotopic (exact) mass is 1420 g/mol. The highest BCUT2D eigenvalue weighted by Crippen LogP contribution is 2.67. The first-order chi connectivity index (χ1) is 47.9. The maximum atomic E-state index is 16.1. The predicted molar refractivity (Wildman–Crippen MR) is 433 cm³/mol. The minimum Gasteiger partial charge on any atom is -0.338 e. The Balaban J connectivity index is 1.04. The third-order valence-corrected chi connectivity index (χ3v) is 29.4. The summed E-state index contributed by atoms with van der Waals surface area (Å²) < 4.78 is 8.49. The summed E-state index contributed by atoms with van der Waals surface area (Å²) in [6.07, 6.45) is 35.8. The van der Waals surface area contributed by atoms with Crippen molar-refractivity contribution in [3.05, 3.63) is 149 Å². The van der Waals surface area contributed by atoms with Crippen LogP contribution in [-0.4, -0.2) is 39.3 Å². The molecule has 0 bridgehead atoms. The molecule has 0 spiro atoms. The van der Waals surface area contributed by atoms with E-state index in [1.165, 1.54) is 221 Å². The second-order valence-corrected chi connectivity index (χ2v) is 36.3. The van der Waals surface area contributed by atoms with Gasteiger partial charge in [-0.05, 0) is 148 Å². The maximum absolute atomic E-state index is 16.1. The molecule has 11 heteroatoms. The van der Waals surface area contributed by atoms with Crippen molar-refractivity contribution in [2.75, 3.05) is 13.1 Å². The Kier molecular flexibility index (Phi) is 25.2. The molecule has 9 heterocycles. The molecule has 3 atom stereocenters. The van der Waals surface area contributed by atoms with Gasteiger partial charge in [0.2, 0.25) is 0 Å². The molecule has 9 aromatic rings. The number of carbonyl (C=O) groups is 2. The van der Waals surface area contributed by atoms with Crippen molar-refractivity contribution in [2.45, 2.75) is 274 Å². The Morgan fingerprint density at radius 1 is 0.388 bits per heavy atom. The fraction of sp³-hybridized carbons (Fsp3) is 0.540. The van der Waals surface area contributed by atoms with Gasteiger partial charge in [-0.25, -0.2) is 0 Å². The highest BCUT2D eigenvalue weighted by atomic mass is 32.1. The third kappa shape index (κ3) is 14.9. The fourth-order valence-corrected chi connectivity index (χ4v) is 24.2. The lowest BCUT2D eigenvalue weighted by Gasteiger charge is -2.34. The molecule has 0 saturated heterocycles. The number of amides is 2. The molecule has 12 rings (SSSR count). The van der Waals surface area contributed by atoms with Crippen molar-refractivity contribution >= 4 is 121 Å². The Morgan fingerprint density at radius 3 is 1.38 bits per heavy atom. The van der Waals surface area contributed by atoms with Gasteiger partial charge < -0.3 is 14.4 Å². The lowest BCUT2D eigenvalue weighted by atomic mass is 9.68. The van der Waals surface area contributed by atoms with E-state index in [0.717, 1.165) is 91.9 Å². The molecule has 0 saturated carbocycles. The van der Waals surface area contributed by atoms with Gasteiger partial charge in [0.05, 0.1) is 72.6 Å². The van der Waals surface area contributed by atoms with Crippen LogP contribution in [0.1, 0.15) is 288 Å². The van der Waals surface area contributed by atoms with Gasteiger partial charge in [-0.2, -0.15) is 0 Å². The number of hydrogen-bond acceptors (Lipinski definition) is 8. The van der Waals surface area contributed by atoms with Crippen LogP contribution in [0.3, 0.4) is 0 Å². The average molecular weight is 1430 g/mol. The van der Waals surface area contributed by atoms with Crippen molar-refractivity contribution in [3.63, 3.8) is 0 Å². The smallest absolute Gasteiger partial charge is 0.261 e. The van der Waals surface area contributed by atoms with E-state index in [1.807, 2.05) is 34.0 Å². The van der Waals surface area contributed by atoms with Gasteiger partial charge >= 0.3 is 0 Å². The first-order valence-electron chi connectivity index (χ1n) is 39.1. The van der Waals surface area contributed by atoms with Crippen LogP contribution in [-0.2, 0) is 34.4 Å². The summed E-state index contributed by atoms with van der Waals surface area (Å²) in [5.74, 6) is 1.36. The zero-order chi connectivity index (χ0) is 68.5. The van der Waals surface area contributed by atoms with Gasteiger partial charge in [-0.1, -0.05) is 239 Å². The Morgan fingerprint density at radius 2 is 0.867 bits per heavy atom. The van der Waals surface area contributed by atoms with Crippen molar-refractivity contribution in [1.29, 1.82) is 0 Å². The SMILES string of the molecule is CCCCCCc1ccc(C2(c3ccc(CCCCCC)cc3)c3c(sc4cc(-c5ccc(C6=C7C(=O)N(CC(CCCC)CCCCCC)C(c8ccc(C)s8)=C7C(=O)N6CC(CCCC)CCCCCC)s5)sc34)-c3sc4c5sc(C)cc5n(CC(CC)CCCC)c4c32)cc1. The highest BCUT2D eigenvalue weighted by molar-refractivity contribution is 7.35. The number of hydrogen-bond donors (Lipinski definition) is 0. The van der Waals surface area contributed by atoms with Gasteiger partial charge in [0.25, 0.3) is 11.8 Å². The van der Waals surface area contributed by atoms with Crippen LogP contribution in [0, 0.1) is 31.6 Å². The lowest BCUT2D eigenvalue weighted by molar-refractivity contribution is -0.124. The Bertz CT molecular complexity index is 4140. The summed E-state index contributed by atoms with van der Waals surface area (Å²) in [5, 5.41) is 0. The van der Waals surface area contributed by atoms with Crippen LogP contribution in [0.25, 0.3) is 60.7 Å². The van der Waals surface area contributed by atoms with E-state index in [-0.39, 0.29) is 11.8 Å². The number of unbranched alkanes of at least 4 members (excludes halogenated alkanes) is 15. The fourth-order valence-electron chi connectivity index (χ4n) is 16.7. The molecule has 524 valence electrons. The van der Waals surface area contributed by atoms with Crippen molar-refractivity contribution in [1.82, 2.24) is 14.4 Å². The Hall–Kier alpha value is -4.88. The zero-order valence-corrected chi connectivity index (χ0v) is 66.2. The lowest BCUT2D eigenvalue weighted by Crippen LogP contribution is -2.34. The second kappa shape index (κ2) is 33.9. The number of aromatic nitrogens is 1. The zero-order valence-electron chi connectivity index (χ0n) is 61.3. The van der Waals surface area contributed by atoms with E-state index in [9.17, 15) is 0 Å². The molecule has 3 aliphatic rings. The van der Waals surface area contributed by atoms with Crippen LogP contribution < -0.4 is 0 Å². The Labute approximate surface area is 613 Å². The molecule has 2 amide bonds. The molecule has 7 aromatic heterocycles. The van der Waals surface area contributed by atoms with Gasteiger partial charge in [0.1, 0.15) is 0 Å². The minimum absolute atomic E-state index is 0.0245. The van der Waals surface area contributed by atoms with E-state index < -0.39 is 5.41 Å². The number of thiophene rings is 6. The first-order valence-corrected chi connectivity index (χ1v) is 44.0. The van der Waals surface area contributed by atoms with E-state index in [1.54, 1.807) is 22.7 Å². The number of aryl methyl sites for hydroxylation is 4. The maximum Gasteiger partial charge on any atom is 0.261 e. The van der Waals surface area contributed by atoms with E-state index in [4.69, 9.17) is 0 Å². The normalized spacial score (nSPS) is 15.4. The number of fused-ring (bicyclic) bond motifs is 10. The summed E-state index contributed by atoms with van der Waals surface area (Å²) >= 11 is 11.6. The van der Waals surface area contributed by atoms with Crippen LogP contribution in [0.4, 0.5) is 0 Å². The van der Waals surface area contributed by atoms with Crippen LogP contribution >= 0.6 is 68.0 Å². The molecule has 0 N–H and O–H groups in total. The molecule has 98 heavy (non-hydrogen) atoms. The topological polar surface area (TPSA) is 45.6 Å². The summed E-state index contributed by atoms with van der Waals surface area (Å²) in [6, 6.07) is 34.2. The standard InChI is InChI=1S/C87H113N3O2S6/c1-11-19-26-30-37-61-42-46-65(47-43-61)87(66-48-44-62(45-49-66)38-31-27-20-12-2)75-79-84(80-67(53-59(10)94-80)88(79)55-60(18-8)34-23-15-5)98-82(75)83-76(87)81-72(97-83)54-71(96-81)68-51-52-70(95-68)78-74-73(85(91)90(78)57-64(36-25-17-7)40-33-29-22-14-4)77(69-50-41-58(9)93-69)89(86(74)92)56-63(35-24-16-6)39-32-28-21-13-3/h41-54,60,63-64H,11-40,55-57H2,1-10H3. The molecule has 0 radical (unpaired) electrons. The number of nitrogens with zero attached hydrogens (tertiary/aromatic N) is 3. The largest absolute Gasteiger partial charge is 0.338 e. The van der Waals surface area contributed by atoms with Crippen LogP contribution in [0.15, 0.2) is 96.1 Å². The summed E-state index contributed by atoms with van der Waals surface area (Å²) in [4.78, 5) is 46.4. The van der Waals surface area contributed by atoms with Crippen molar-refractivity contribution in [3.8, 4) is 19.5 Å². The quantitative estimate of drug-likeness (QED) is 0.0359. The molecule has 0 fully saturated rings. The highest BCUT2D eigenvalue weighted by Gasteiger charge is 2.54. The predicted octanol–water partition coefficient (Wildman–Crippen LogP) is 27.8. The molecule has 3 unspecified atom stereocenters. The van der Waals surface area contributed by atoms with Gasteiger partial charge in [-0.3, -0.25) is 9.59 Å². The first kappa shape index (κ1) is 72.9. The van der Waals surface area contributed by atoms with Crippen LogP contribution in [0.5, 0.6) is 0 Å². The third-order valence-electron chi connectivity index (χ3n) is 22.2. The second-order valence-electron chi connectivity index (χ2n) is 29.5. The molecule has 2 aliphatic heterocycles. The van der Waals surface area contributed by atoms with E-state index >= 15 is 9.59 Å². The molecular weight excluding hydrogens is 1310 g/mol. The molecule has 5 nitrogen and oxygen atoms in total. The summed E-state index contributed by atoms with van der Waals surface area (Å²) in [6.45, 7) is 25.4. The van der Waals surface area contributed by atoms with Gasteiger partial charge in [-0.15, -0.1) is 68.0 Å². The molecule has 1 aliphatic carbocycles. The number of rotatable bonds is 41. The van der Waals surface area contributed by atoms with E-state index in [0.29, 0.717) is 42.0 Å².